The Bertz CT molecular complexity index is 1040. The van der Waals surface area contributed by atoms with Crippen molar-refractivity contribution in [1.29, 1.82) is 0 Å². The third-order valence-electron chi connectivity index (χ3n) is 3.95. The van der Waals surface area contributed by atoms with Gasteiger partial charge in [-0.2, -0.15) is 0 Å². The lowest BCUT2D eigenvalue weighted by atomic mass is 10.1. The summed E-state index contributed by atoms with van der Waals surface area (Å²) in [6, 6.07) is 21.8. The highest BCUT2D eigenvalue weighted by Crippen LogP contribution is 2.26. The maximum Gasteiger partial charge on any atom is 0.178 e. The number of ketones is 1. The van der Waals surface area contributed by atoms with Gasteiger partial charge in [0.15, 0.2) is 5.78 Å². The van der Waals surface area contributed by atoms with Crippen LogP contribution in [0.5, 0.6) is 0 Å². The number of Topliss-reactive ketones (excluding diaryl/α,β-unsaturated/α-hetero) is 1. The summed E-state index contributed by atoms with van der Waals surface area (Å²) in [4.78, 5) is 21.0. The van der Waals surface area contributed by atoms with Crippen LogP contribution in [0.4, 0.5) is 0 Å². The third kappa shape index (κ3) is 2.36. The zero-order valence-electron chi connectivity index (χ0n) is 12.7. The van der Waals surface area contributed by atoms with E-state index in [2.05, 4.69) is 4.98 Å². The summed E-state index contributed by atoms with van der Waals surface area (Å²) in [5.74, 6) is -0.0388. The number of pyridine rings is 2. The lowest BCUT2D eigenvalue weighted by molar-refractivity contribution is 0.101. The highest BCUT2D eigenvalue weighted by atomic mass is 16.1. The maximum absolute atomic E-state index is 11.6. The average molecular weight is 298 g/mol. The van der Waals surface area contributed by atoms with Crippen LogP contribution >= 0.6 is 0 Å². The quantitative estimate of drug-likeness (QED) is 0.399. The monoisotopic (exact) mass is 298 g/mol. The molecular weight excluding hydrogens is 284 g/mol. The van der Waals surface area contributed by atoms with Crippen molar-refractivity contribution in [2.75, 3.05) is 0 Å². The van der Waals surface area contributed by atoms with E-state index in [1.807, 2.05) is 60.7 Å². The van der Waals surface area contributed by atoms with E-state index in [0.29, 0.717) is 5.69 Å². The molecule has 23 heavy (non-hydrogen) atoms. The van der Waals surface area contributed by atoms with E-state index in [-0.39, 0.29) is 5.78 Å². The fourth-order valence-electron chi connectivity index (χ4n) is 2.73. The van der Waals surface area contributed by atoms with Crippen LogP contribution in [0.15, 0.2) is 66.7 Å². The molecule has 0 spiro atoms. The van der Waals surface area contributed by atoms with E-state index in [1.165, 1.54) is 6.92 Å². The molecule has 4 aromatic rings. The van der Waals surface area contributed by atoms with Gasteiger partial charge >= 0.3 is 0 Å². The van der Waals surface area contributed by atoms with Crippen molar-refractivity contribution in [2.24, 2.45) is 0 Å². The predicted molar refractivity (Wildman–Crippen MR) is 92.5 cm³/mol. The first-order chi connectivity index (χ1) is 11.2. The fraction of sp³-hybridized carbons (Fsp3) is 0.0500. The summed E-state index contributed by atoms with van der Waals surface area (Å²) in [7, 11) is 0. The van der Waals surface area contributed by atoms with Crippen molar-refractivity contribution < 1.29 is 4.79 Å². The molecule has 2 aromatic heterocycles. The smallest absolute Gasteiger partial charge is 0.178 e. The number of benzene rings is 2. The van der Waals surface area contributed by atoms with Crippen LogP contribution < -0.4 is 0 Å². The molecule has 0 radical (unpaired) electrons. The first-order valence-electron chi connectivity index (χ1n) is 7.49. The van der Waals surface area contributed by atoms with E-state index in [9.17, 15) is 4.79 Å². The second-order valence-electron chi connectivity index (χ2n) is 5.52. The van der Waals surface area contributed by atoms with Gasteiger partial charge in [0.05, 0.1) is 16.7 Å². The third-order valence-corrected chi connectivity index (χ3v) is 3.95. The molecule has 0 aliphatic rings. The first-order valence-corrected chi connectivity index (χ1v) is 7.49. The first kappa shape index (κ1) is 13.6. The predicted octanol–water partition coefficient (Wildman–Crippen LogP) is 4.65. The largest absolute Gasteiger partial charge is 0.293 e. The zero-order valence-corrected chi connectivity index (χ0v) is 12.7. The highest BCUT2D eigenvalue weighted by molar-refractivity contribution is 6.05. The Kier molecular flexibility index (Phi) is 3.12. The molecule has 3 nitrogen and oxygen atoms in total. The molecule has 0 fully saturated rings. The minimum atomic E-state index is -0.0388. The van der Waals surface area contributed by atoms with Gasteiger partial charge in [0, 0.05) is 23.3 Å². The molecule has 0 saturated heterocycles. The van der Waals surface area contributed by atoms with E-state index in [1.54, 1.807) is 6.07 Å². The van der Waals surface area contributed by atoms with Crippen LogP contribution in [0.25, 0.3) is 33.1 Å². The Morgan fingerprint density at radius 3 is 2.04 bits per heavy atom. The van der Waals surface area contributed by atoms with Gasteiger partial charge in [0.2, 0.25) is 0 Å². The molecule has 2 aromatic carbocycles. The van der Waals surface area contributed by atoms with Crippen molar-refractivity contribution in [3.8, 4) is 11.3 Å². The van der Waals surface area contributed by atoms with E-state index in [4.69, 9.17) is 4.98 Å². The Labute approximate surface area is 133 Å². The van der Waals surface area contributed by atoms with Crippen LogP contribution in [0, 0.1) is 0 Å². The van der Waals surface area contributed by atoms with E-state index < -0.39 is 0 Å². The summed E-state index contributed by atoms with van der Waals surface area (Å²) >= 11 is 0. The number of carbonyl (C=O) groups is 1. The number of hydrogen-bond donors (Lipinski definition) is 0. The van der Waals surface area contributed by atoms with Gasteiger partial charge in [-0.05, 0) is 12.1 Å². The van der Waals surface area contributed by atoms with Crippen LogP contribution in [0.3, 0.4) is 0 Å². The Hall–Kier alpha value is -3.07. The molecule has 2 heterocycles. The van der Waals surface area contributed by atoms with Crippen LogP contribution in [0.1, 0.15) is 17.4 Å². The molecule has 0 atom stereocenters. The van der Waals surface area contributed by atoms with Crippen molar-refractivity contribution >= 4 is 27.6 Å². The van der Waals surface area contributed by atoms with Crippen molar-refractivity contribution in [3.05, 3.63) is 72.4 Å². The summed E-state index contributed by atoms with van der Waals surface area (Å²) in [6.45, 7) is 1.53. The topological polar surface area (TPSA) is 42.9 Å². The fourth-order valence-corrected chi connectivity index (χ4v) is 2.73. The van der Waals surface area contributed by atoms with Crippen LogP contribution in [0.2, 0.25) is 0 Å². The number of rotatable bonds is 2. The molecule has 0 aliphatic carbocycles. The maximum atomic E-state index is 11.6. The van der Waals surface area contributed by atoms with Gasteiger partial charge in [-0.25, -0.2) is 9.97 Å². The van der Waals surface area contributed by atoms with Crippen molar-refractivity contribution in [2.45, 2.75) is 6.92 Å². The highest BCUT2D eigenvalue weighted by Gasteiger charge is 2.09. The van der Waals surface area contributed by atoms with Gasteiger partial charge in [0.25, 0.3) is 0 Å². The minimum Gasteiger partial charge on any atom is -0.293 e. The second kappa shape index (κ2) is 5.29. The van der Waals surface area contributed by atoms with Gasteiger partial charge in [-0.1, -0.05) is 54.6 Å². The van der Waals surface area contributed by atoms with Gasteiger partial charge in [-0.15, -0.1) is 0 Å². The van der Waals surface area contributed by atoms with Gasteiger partial charge in [-0.3, -0.25) is 4.79 Å². The molecule has 3 heteroatoms. The molecule has 110 valence electrons. The van der Waals surface area contributed by atoms with Crippen LogP contribution in [-0.4, -0.2) is 15.8 Å². The number of carbonyl (C=O) groups excluding carboxylic acids is 1. The molecule has 0 amide bonds. The number of aromatic nitrogens is 2. The van der Waals surface area contributed by atoms with Crippen molar-refractivity contribution in [3.63, 3.8) is 0 Å². The Balaban J connectivity index is 2.03. The lowest BCUT2D eigenvalue weighted by Crippen LogP contribution is -1.97. The number of fused-ring (bicyclic) bond motifs is 3. The normalized spacial score (nSPS) is 11.0. The molecule has 0 N–H and O–H groups in total. The Morgan fingerprint density at radius 1 is 0.739 bits per heavy atom. The lowest BCUT2D eigenvalue weighted by Gasteiger charge is -2.07. The van der Waals surface area contributed by atoms with Crippen LogP contribution in [-0.2, 0) is 0 Å². The van der Waals surface area contributed by atoms with Gasteiger partial charge < -0.3 is 0 Å². The summed E-state index contributed by atoms with van der Waals surface area (Å²) in [5, 5.41) is 2.01. The summed E-state index contributed by atoms with van der Waals surface area (Å²) < 4.78 is 0. The van der Waals surface area contributed by atoms with E-state index >= 15 is 0 Å². The molecule has 4 rings (SSSR count). The molecule has 0 unspecified atom stereocenters. The molecule has 0 aliphatic heterocycles. The van der Waals surface area contributed by atoms with Gasteiger partial charge in [0.1, 0.15) is 5.69 Å². The zero-order chi connectivity index (χ0) is 15.8. The standard InChI is InChI=1S/C20H14N2O/c1-13(23)17-11-9-15-7-8-16-10-12-18(14-5-3-2-4-6-14)22-20(16)19(15)21-17/h2-12H,1H3. The molecule has 0 bridgehead atoms. The summed E-state index contributed by atoms with van der Waals surface area (Å²) in [5.41, 5.74) is 4.03. The number of hydrogen-bond acceptors (Lipinski definition) is 3. The SMILES string of the molecule is CC(=O)c1ccc2ccc3ccc(-c4ccccc4)nc3c2n1. The van der Waals surface area contributed by atoms with E-state index in [0.717, 1.165) is 33.1 Å². The molecular formula is C20H14N2O. The summed E-state index contributed by atoms with van der Waals surface area (Å²) in [6.07, 6.45) is 0. The van der Waals surface area contributed by atoms with Crippen molar-refractivity contribution in [1.82, 2.24) is 9.97 Å². The Morgan fingerprint density at radius 2 is 1.35 bits per heavy atom. The number of nitrogens with zero attached hydrogens (tertiary/aromatic N) is 2. The minimum absolute atomic E-state index is 0.0388. The average Bonchev–Trinajstić information content (AvgIpc) is 2.61. The molecule has 0 saturated carbocycles. The second-order valence-corrected chi connectivity index (χ2v) is 5.52.